The summed E-state index contributed by atoms with van der Waals surface area (Å²) in [5.74, 6) is 0. The van der Waals surface area contributed by atoms with E-state index in [2.05, 4.69) is 46.8 Å². The zero-order valence-corrected chi connectivity index (χ0v) is 9.15. The molecule has 2 aromatic rings. The van der Waals surface area contributed by atoms with Crippen molar-refractivity contribution >= 4 is 10.9 Å². The summed E-state index contributed by atoms with van der Waals surface area (Å²) in [6, 6.07) is 10.5. The average Bonchev–Trinajstić information content (AvgIpc) is 2.72. The zero-order chi connectivity index (χ0) is 10.8. The minimum absolute atomic E-state index is 0.830. The molecular formula is C13H15N2O. The van der Waals surface area contributed by atoms with Gasteiger partial charge in [0.1, 0.15) is 0 Å². The highest BCUT2D eigenvalue weighted by Gasteiger charge is 2.12. The summed E-state index contributed by atoms with van der Waals surface area (Å²) in [6.45, 7) is 5.81. The summed E-state index contributed by atoms with van der Waals surface area (Å²) in [5, 5.41) is 1.27. The largest absolute Gasteiger partial charge is 0.379 e. The van der Waals surface area contributed by atoms with E-state index in [0.29, 0.717) is 0 Å². The van der Waals surface area contributed by atoms with E-state index < -0.39 is 0 Å². The molecule has 1 aromatic carbocycles. The number of hydrogen-bond acceptors (Lipinski definition) is 2. The Balaban J connectivity index is 1.78. The lowest BCUT2D eigenvalue weighted by atomic mass is 10.2. The van der Waals surface area contributed by atoms with E-state index in [4.69, 9.17) is 4.74 Å². The molecule has 0 unspecified atom stereocenters. The number of morpholine rings is 1. The number of hydrogen-bond donors (Lipinski definition) is 1. The Morgan fingerprint density at radius 2 is 2.00 bits per heavy atom. The standard InChI is InChI=1S/C13H15N2O/c1-2-4-13-11(3-1)9-12(14-13)10-15-5-7-16-8-6-15/h1-4,9-10,14H,5-8H2. The van der Waals surface area contributed by atoms with Crippen molar-refractivity contribution in [1.29, 1.82) is 0 Å². The van der Waals surface area contributed by atoms with Gasteiger partial charge in [0.05, 0.1) is 19.8 Å². The molecule has 0 atom stereocenters. The first-order valence-corrected chi connectivity index (χ1v) is 5.66. The smallest absolute Gasteiger partial charge is 0.0714 e. The van der Waals surface area contributed by atoms with Crippen LogP contribution in [0.15, 0.2) is 30.3 Å². The third-order valence-electron chi connectivity index (χ3n) is 2.92. The van der Waals surface area contributed by atoms with E-state index in [1.807, 2.05) is 0 Å². The Bertz CT molecular complexity index is 438. The van der Waals surface area contributed by atoms with E-state index in [0.717, 1.165) is 26.3 Å². The van der Waals surface area contributed by atoms with E-state index in [9.17, 15) is 0 Å². The molecule has 3 rings (SSSR count). The summed E-state index contributed by atoms with van der Waals surface area (Å²) in [5.41, 5.74) is 2.37. The molecular weight excluding hydrogens is 200 g/mol. The van der Waals surface area contributed by atoms with Gasteiger partial charge in [-0.2, -0.15) is 0 Å². The van der Waals surface area contributed by atoms with Crippen molar-refractivity contribution in [3.8, 4) is 0 Å². The molecule has 1 N–H and O–H groups in total. The molecule has 1 aromatic heterocycles. The van der Waals surface area contributed by atoms with Gasteiger partial charge in [-0.1, -0.05) is 18.2 Å². The van der Waals surface area contributed by atoms with Crippen molar-refractivity contribution in [2.75, 3.05) is 26.3 Å². The van der Waals surface area contributed by atoms with Crippen molar-refractivity contribution < 1.29 is 4.74 Å². The van der Waals surface area contributed by atoms with Crippen molar-refractivity contribution in [3.05, 3.63) is 42.6 Å². The molecule has 2 heterocycles. The number of fused-ring (bicyclic) bond motifs is 1. The highest BCUT2D eigenvalue weighted by molar-refractivity contribution is 5.80. The van der Waals surface area contributed by atoms with Crippen molar-refractivity contribution in [1.82, 2.24) is 9.88 Å². The highest BCUT2D eigenvalue weighted by atomic mass is 16.5. The van der Waals surface area contributed by atoms with Gasteiger partial charge < -0.3 is 9.72 Å². The van der Waals surface area contributed by atoms with Gasteiger partial charge in [-0.15, -0.1) is 0 Å². The van der Waals surface area contributed by atoms with Gasteiger partial charge in [0, 0.05) is 24.3 Å². The Labute approximate surface area is 95.0 Å². The van der Waals surface area contributed by atoms with E-state index in [1.165, 1.54) is 16.6 Å². The minimum Gasteiger partial charge on any atom is -0.379 e. The number of nitrogens with zero attached hydrogens (tertiary/aromatic N) is 1. The van der Waals surface area contributed by atoms with Crippen LogP contribution in [0.1, 0.15) is 5.69 Å². The quantitative estimate of drug-likeness (QED) is 0.830. The van der Waals surface area contributed by atoms with Gasteiger partial charge in [-0.25, -0.2) is 0 Å². The molecule has 0 amide bonds. The molecule has 1 radical (unpaired) electrons. The number of aromatic nitrogens is 1. The van der Waals surface area contributed by atoms with Crippen LogP contribution in [0.4, 0.5) is 0 Å². The lowest BCUT2D eigenvalue weighted by Crippen LogP contribution is -2.34. The fourth-order valence-electron chi connectivity index (χ4n) is 2.07. The molecule has 1 saturated heterocycles. The lowest BCUT2D eigenvalue weighted by molar-refractivity contribution is 0.0530. The van der Waals surface area contributed by atoms with Crippen LogP contribution in [0, 0.1) is 6.54 Å². The van der Waals surface area contributed by atoms with E-state index in [-0.39, 0.29) is 0 Å². The third-order valence-corrected chi connectivity index (χ3v) is 2.92. The first-order valence-electron chi connectivity index (χ1n) is 5.66. The maximum absolute atomic E-state index is 5.32. The minimum atomic E-state index is 0.830. The number of para-hydroxylation sites is 1. The fraction of sp³-hybridized carbons (Fsp3) is 0.308. The number of rotatable bonds is 2. The number of ether oxygens (including phenoxy) is 1. The molecule has 83 valence electrons. The van der Waals surface area contributed by atoms with Crippen molar-refractivity contribution in [2.45, 2.75) is 0 Å². The predicted molar refractivity (Wildman–Crippen MR) is 64.1 cm³/mol. The molecule has 1 aliphatic rings. The molecule has 1 aliphatic heterocycles. The average molecular weight is 215 g/mol. The number of nitrogens with one attached hydrogen (secondary N) is 1. The van der Waals surface area contributed by atoms with Crippen LogP contribution in [-0.4, -0.2) is 36.2 Å². The maximum Gasteiger partial charge on any atom is 0.0714 e. The molecule has 3 nitrogen and oxygen atoms in total. The highest BCUT2D eigenvalue weighted by Crippen LogP contribution is 2.17. The summed E-state index contributed by atoms with van der Waals surface area (Å²) < 4.78 is 5.32. The van der Waals surface area contributed by atoms with Gasteiger partial charge in [-0.3, -0.25) is 4.90 Å². The zero-order valence-electron chi connectivity index (χ0n) is 9.15. The molecule has 0 saturated carbocycles. The second kappa shape index (κ2) is 4.28. The molecule has 1 fully saturated rings. The van der Waals surface area contributed by atoms with Gasteiger partial charge >= 0.3 is 0 Å². The Kier molecular flexibility index (Phi) is 2.64. The van der Waals surface area contributed by atoms with Crippen LogP contribution in [0.5, 0.6) is 0 Å². The monoisotopic (exact) mass is 215 g/mol. The molecule has 16 heavy (non-hydrogen) atoms. The Morgan fingerprint density at radius 1 is 1.19 bits per heavy atom. The number of benzene rings is 1. The summed E-state index contributed by atoms with van der Waals surface area (Å²) in [6.07, 6.45) is 0. The third kappa shape index (κ3) is 1.96. The first-order chi connectivity index (χ1) is 7.92. The second-order valence-electron chi connectivity index (χ2n) is 4.09. The number of aromatic amines is 1. The molecule has 0 aliphatic carbocycles. The van der Waals surface area contributed by atoms with Crippen LogP contribution in [-0.2, 0) is 4.74 Å². The normalized spacial score (nSPS) is 18.0. The van der Waals surface area contributed by atoms with Gasteiger partial charge in [0.15, 0.2) is 0 Å². The molecule has 0 spiro atoms. The predicted octanol–water partition coefficient (Wildman–Crippen LogP) is 2.01. The summed E-state index contributed by atoms with van der Waals surface area (Å²) in [7, 11) is 0. The number of H-pyrrole nitrogens is 1. The topological polar surface area (TPSA) is 28.3 Å². The van der Waals surface area contributed by atoms with E-state index in [1.54, 1.807) is 0 Å². The fourth-order valence-corrected chi connectivity index (χ4v) is 2.07. The van der Waals surface area contributed by atoms with Crippen molar-refractivity contribution in [2.24, 2.45) is 0 Å². The van der Waals surface area contributed by atoms with Gasteiger partial charge in [-0.05, 0) is 17.5 Å². The van der Waals surface area contributed by atoms with E-state index >= 15 is 0 Å². The Hall–Kier alpha value is -1.32. The maximum atomic E-state index is 5.32. The van der Waals surface area contributed by atoms with Gasteiger partial charge in [0.25, 0.3) is 0 Å². The van der Waals surface area contributed by atoms with Crippen LogP contribution in [0.2, 0.25) is 0 Å². The lowest BCUT2D eigenvalue weighted by Gasteiger charge is -2.25. The van der Waals surface area contributed by atoms with Gasteiger partial charge in [0.2, 0.25) is 0 Å². The summed E-state index contributed by atoms with van der Waals surface area (Å²) >= 11 is 0. The van der Waals surface area contributed by atoms with Crippen LogP contribution < -0.4 is 0 Å². The van der Waals surface area contributed by atoms with Crippen LogP contribution in [0.3, 0.4) is 0 Å². The Morgan fingerprint density at radius 3 is 2.81 bits per heavy atom. The van der Waals surface area contributed by atoms with Crippen LogP contribution >= 0.6 is 0 Å². The van der Waals surface area contributed by atoms with Crippen LogP contribution in [0.25, 0.3) is 10.9 Å². The summed E-state index contributed by atoms with van der Waals surface area (Å²) in [4.78, 5) is 5.70. The van der Waals surface area contributed by atoms with Crippen molar-refractivity contribution in [3.63, 3.8) is 0 Å². The molecule has 0 bridgehead atoms. The SMILES string of the molecule is [CH](c1cc2ccccc2[nH]1)N1CCOCC1. The first kappa shape index (κ1) is 9.87. The molecule has 3 heteroatoms. The second-order valence-corrected chi connectivity index (χ2v) is 4.09.